The summed E-state index contributed by atoms with van der Waals surface area (Å²) in [5, 5.41) is 18.2. The summed E-state index contributed by atoms with van der Waals surface area (Å²) < 4.78 is 0. The molecule has 3 heterocycles. The van der Waals surface area contributed by atoms with Gasteiger partial charge in [-0.2, -0.15) is 10.2 Å². The van der Waals surface area contributed by atoms with Gasteiger partial charge in [-0.15, -0.1) is 0 Å². The van der Waals surface area contributed by atoms with Gasteiger partial charge in [0.2, 0.25) is 0 Å². The minimum absolute atomic E-state index is 0.319. The average molecular weight is 354 g/mol. The molecule has 25 heavy (non-hydrogen) atoms. The van der Waals surface area contributed by atoms with E-state index in [1.165, 1.54) is 0 Å². The fourth-order valence-corrected chi connectivity index (χ4v) is 2.99. The molecule has 0 bridgehead atoms. The van der Waals surface area contributed by atoms with E-state index in [2.05, 4.69) is 25.1 Å². The first-order valence-corrected chi connectivity index (χ1v) is 8.42. The van der Waals surface area contributed by atoms with E-state index in [4.69, 9.17) is 11.6 Å². The number of nitrogens with zero attached hydrogens (tertiary/aromatic N) is 5. The number of hydrogen-bond acceptors (Lipinski definition) is 6. The molecular formula is C18H16ClN5O. The minimum Gasteiger partial charge on any atom is -0.391 e. The number of aliphatic hydroxyl groups is 1. The molecule has 2 aromatic heterocycles. The number of benzene rings is 1. The van der Waals surface area contributed by atoms with Gasteiger partial charge in [0.1, 0.15) is 5.82 Å². The standard InChI is InChI=1S/C18H16ClN5O/c19-14-3-1-12(2-4-14)16-9-17(24-8-6-15(25)11-24)23-18(22-16)13-5-7-20-21-10-13/h1-5,7,9-10,15,25H,6,8,11H2/t15-/m0/s1. The predicted molar refractivity (Wildman–Crippen MR) is 96.3 cm³/mol. The van der Waals surface area contributed by atoms with Crippen LogP contribution in [-0.4, -0.2) is 44.5 Å². The van der Waals surface area contributed by atoms with Gasteiger partial charge in [-0.05, 0) is 24.6 Å². The van der Waals surface area contributed by atoms with Crippen LogP contribution in [-0.2, 0) is 0 Å². The van der Waals surface area contributed by atoms with Crippen LogP contribution < -0.4 is 4.90 Å². The zero-order valence-corrected chi connectivity index (χ0v) is 14.1. The number of anilines is 1. The summed E-state index contributed by atoms with van der Waals surface area (Å²) in [6.45, 7) is 1.34. The third kappa shape index (κ3) is 3.45. The summed E-state index contributed by atoms with van der Waals surface area (Å²) >= 11 is 5.99. The van der Waals surface area contributed by atoms with Crippen molar-refractivity contribution in [3.8, 4) is 22.6 Å². The van der Waals surface area contributed by atoms with Gasteiger partial charge < -0.3 is 10.0 Å². The maximum atomic E-state index is 9.85. The molecule has 0 amide bonds. The average Bonchev–Trinajstić information content (AvgIpc) is 3.09. The van der Waals surface area contributed by atoms with Crippen molar-refractivity contribution in [2.75, 3.05) is 18.0 Å². The van der Waals surface area contributed by atoms with E-state index in [1.54, 1.807) is 12.4 Å². The van der Waals surface area contributed by atoms with Gasteiger partial charge in [0.25, 0.3) is 0 Å². The number of β-amino-alcohol motifs (C(OH)–C–C–N with tert-alkyl or cyclic N) is 1. The molecule has 4 rings (SSSR count). The van der Waals surface area contributed by atoms with E-state index in [9.17, 15) is 5.11 Å². The Morgan fingerprint density at radius 2 is 1.88 bits per heavy atom. The molecule has 1 fully saturated rings. The van der Waals surface area contributed by atoms with Crippen LogP contribution in [0.1, 0.15) is 6.42 Å². The highest BCUT2D eigenvalue weighted by molar-refractivity contribution is 6.30. The summed E-state index contributed by atoms with van der Waals surface area (Å²) in [4.78, 5) is 11.4. The zero-order chi connectivity index (χ0) is 17.2. The first kappa shape index (κ1) is 15.9. The topological polar surface area (TPSA) is 75.0 Å². The lowest BCUT2D eigenvalue weighted by Crippen LogP contribution is -2.22. The Hall–Kier alpha value is -2.57. The second kappa shape index (κ2) is 6.74. The molecule has 0 aliphatic carbocycles. The zero-order valence-electron chi connectivity index (χ0n) is 13.4. The van der Waals surface area contributed by atoms with Crippen LogP contribution in [0.3, 0.4) is 0 Å². The molecule has 126 valence electrons. The van der Waals surface area contributed by atoms with Crippen molar-refractivity contribution >= 4 is 17.4 Å². The van der Waals surface area contributed by atoms with E-state index < -0.39 is 0 Å². The highest BCUT2D eigenvalue weighted by atomic mass is 35.5. The summed E-state index contributed by atoms with van der Waals surface area (Å²) in [5.74, 6) is 1.38. The number of aromatic nitrogens is 4. The van der Waals surface area contributed by atoms with Crippen LogP contribution in [0.4, 0.5) is 5.82 Å². The number of hydrogen-bond donors (Lipinski definition) is 1. The fraction of sp³-hybridized carbons (Fsp3) is 0.222. The van der Waals surface area contributed by atoms with Gasteiger partial charge in [0, 0.05) is 35.3 Å². The minimum atomic E-state index is -0.319. The molecule has 3 aromatic rings. The van der Waals surface area contributed by atoms with E-state index in [0.29, 0.717) is 17.4 Å². The molecule has 1 aliphatic heterocycles. The molecule has 1 aromatic carbocycles. The lowest BCUT2D eigenvalue weighted by atomic mass is 10.1. The Morgan fingerprint density at radius 1 is 1.04 bits per heavy atom. The molecule has 1 N–H and O–H groups in total. The van der Waals surface area contributed by atoms with Gasteiger partial charge in [-0.1, -0.05) is 23.7 Å². The monoisotopic (exact) mass is 353 g/mol. The Morgan fingerprint density at radius 3 is 2.56 bits per heavy atom. The quantitative estimate of drug-likeness (QED) is 0.780. The maximum absolute atomic E-state index is 9.85. The smallest absolute Gasteiger partial charge is 0.163 e. The highest BCUT2D eigenvalue weighted by Crippen LogP contribution is 2.28. The summed E-state index contributed by atoms with van der Waals surface area (Å²) in [6.07, 6.45) is 3.68. The van der Waals surface area contributed by atoms with Gasteiger partial charge >= 0.3 is 0 Å². The van der Waals surface area contributed by atoms with Crippen molar-refractivity contribution in [1.29, 1.82) is 0 Å². The molecule has 1 saturated heterocycles. The SMILES string of the molecule is O[C@H]1CCN(c2cc(-c3ccc(Cl)cc3)nc(-c3ccnnc3)n2)C1. The third-order valence-corrected chi connectivity index (χ3v) is 4.43. The van der Waals surface area contributed by atoms with E-state index in [0.717, 1.165) is 35.6 Å². The number of aliphatic hydroxyl groups excluding tert-OH is 1. The van der Waals surface area contributed by atoms with Crippen molar-refractivity contribution in [3.63, 3.8) is 0 Å². The lowest BCUT2D eigenvalue weighted by Gasteiger charge is -2.18. The van der Waals surface area contributed by atoms with Gasteiger partial charge in [0.05, 0.1) is 24.2 Å². The van der Waals surface area contributed by atoms with Crippen LogP contribution in [0.5, 0.6) is 0 Å². The second-order valence-electron chi connectivity index (χ2n) is 5.96. The second-order valence-corrected chi connectivity index (χ2v) is 6.40. The van der Waals surface area contributed by atoms with Crippen LogP contribution >= 0.6 is 11.6 Å². The van der Waals surface area contributed by atoms with E-state index in [1.807, 2.05) is 36.4 Å². The van der Waals surface area contributed by atoms with Crippen LogP contribution in [0, 0.1) is 0 Å². The molecule has 0 saturated carbocycles. The first-order valence-electron chi connectivity index (χ1n) is 8.04. The molecule has 6 nitrogen and oxygen atoms in total. The Balaban J connectivity index is 1.81. The molecule has 0 unspecified atom stereocenters. The largest absolute Gasteiger partial charge is 0.391 e. The Labute approximate surface area is 150 Å². The molecule has 0 spiro atoms. The molecule has 7 heteroatoms. The van der Waals surface area contributed by atoms with Crippen LogP contribution in [0.15, 0.2) is 48.8 Å². The van der Waals surface area contributed by atoms with Gasteiger partial charge in [-0.25, -0.2) is 9.97 Å². The molecular weight excluding hydrogens is 338 g/mol. The first-order chi connectivity index (χ1) is 12.2. The Bertz CT molecular complexity index is 872. The number of rotatable bonds is 3. The Kier molecular flexibility index (Phi) is 4.29. The van der Waals surface area contributed by atoms with Crippen molar-refractivity contribution in [1.82, 2.24) is 20.2 Å². The number of halogens is 1. The third-order valence-electron chi connectivity index (χ3n) is 4.18. The molecule has 1 atom stereocenters. The normalized spacial score (nSPS) is 17.0. The lowest BCUT2D eigenvalue weighted by molar-refractivity contribution is 0.198. The molecule has 0 radical (unpaired) electrons. The van der Waals surface area contributed by atoms with Crippen LogP contribution in [0.25, 0.3) is 22.6 Å². The van der Waals surface area contributed by atoms with Crippen molar-refractivity contribution < 1.29 is 5.11 Å². The van der Waals surface area contributed by atoms with Gasteiger partial charge in [0.15, 0.2) is 5.82 Å². The van der Waals surface area contributed by atoms with Crippen molar-refractivity contribution in [3.05, 3.63) is 53.8 Å². The summed E-state index contributed by atoms with van der Waals surface area (Å²) in [5.41, 5.74) is 2.55. The fourth-order valence-electron chi connectivity index (χ4n) is 2.87. The predicted octanol–water partition coefficient (Wildman–Crippen LogP) is 2.83. The summed E-state index contributed by atoms with van der Waals surface area (Å²) in [6, 6.07) is 11.3. The summed E-state index contributed by atoms with van der Waals surface area (Å²) in [7, 11) is 0. The molecule has 1 aliphatic rings. The highest BCUT2D eigenvalue weighted by Gasteiger charge is 2.23. The maximum Gasteiger partial charge on any atom is 0.163 e. The van der Waals surface area contributed by atoms with Gasteiger partial charge in [-0.3, -0.25) is 0 Å². The van der Waals surface area contributed by atoms with Crippen LogP contribution in [0.2, 0.25) is 5.02 Å². The van der Waals surface area contributed by atoms with E-state index in [-0.39, 0.29) is 6.10 Å². The van der Waals surface area contributed by atoms with E-state index >= 15 is 0 Å². The van der Waals surface area contributed by atoms with Crippen molar-refractivity contribution in [2.45, 2.75) is 12.5 Å². The van der Waals surface area contributed by atoms with Crippen molar-refractivity contribution in [2.24, 2.45) is 0 Å².